The molecule has 20 heavy (non-hydrogen) atoms. The molecule has 0 atom stereocenters. The minimum atomic E-state index is -0.960. The average molecular weight is 278 g/mol. The highest BCUT2D eigenvalue weighted by Gasteiger charge is 2.11. The maximum absolute atomic E-state index is 13.1. The smallest absolute Gasteiger partial charge is 0.340 e. The predicted molar refractivity (Wildman–Crippen MR) is 71.8 cm³/mol. The van der Waals surface area contributed by atoms with E-state index in [0.717, 1.165) is 12.1 Å². The van der Waals surface area contributed by atoms with E-state index in [9.17, 15) is 13.6 Å². The molecule has 0 aliphatic rings. The summed E-state index contributed by atoms with van der Waals surface area (Å²) in [5.41, 5.74) is 6.99. The molecule has 2 aromatic carbocycles. The summed E-state index contributed by atoms with van der Waals surface area (Å²) in [6.45, 7) is 0. The Hall–Kier alpha value is -2.63. The number of carbonyl (C=O) groups is 1. The Morgan fingerprint density at radius 3 is 2.40 bits per heavy atom. The van der Waals surface area contributed by atoms with Crippen LogP contribution in [0.1, 0.15) is 10.4 Å². The van der Waals surface area contributed by atoms with Gasteiger partial charge >= 0.3 is 5.97 Å². The molecule has 0 aromatic heterocycles. The van der Waals surface area contributed by atoms with Crippen molar-refractivity contribution in [2.24, 2.45) is 0 Å². The lowest BCUT2D eigenvalue weighted by molar-refractivity contribution is 0.0602. The van der Waals surface area contributed by atoms with Crippen LogP contribution in [0.2, 0.25) is 0 Å². The number of nitrogen functional groups attached to an aromatic ring is 1. The van der Waals surface area contributed by atoms with E-state index in [0.29, 0.717) is 11.4 Å². The van der Waals surface area contributed by atoms with Crippen molar-refractivity contribution >= 4 is 23.0 Å². The van der Waals surface area contributed by atoms with E-state index < -0.39 is 17.6 Å². The second kappa shape index (κ2) is 5.56. The lowest BCUT2D eigenvalue weighted by Crippen LogP contribution is -2.06. The van der Waals surface area contributed by atoms with Crippen LogP contribution in [0.3, 0.4) is 0 Å². The van der Waals surface area contributed by atoms with Crippen LogP contribution in [0.5, 0.6) is 0 Å². The third-order valence-corrected chi connectivity index (χ3v) is 2.67. The van der Waals surface area contributed by atoms with Crippen LogP contribution in [-0.4, -0.2) is 13.1 Å². The van der Waals surface area contributed by atoms with Gasteiger partial charge in [0.05, 0.1) is 12.7 Å². The second-order valence-electron chi connectivity index (χ2n) is 4.05. The number of methoxy groups -OCH3 is 1. The fourth-order valence-electron chi connectivity index (χ4n) is 1.66. The number of hydrogen-bond donors (Lipinski definition) is 2. The van der Waals surface area contributed by atoms with E-state index >= 15 is 0 Å². The molecule has 0 fully saturated rings. The summed E-state index contributed by atoms with van der Waals surface area (Å²) in [5, 5.41) is 2.85. The lowest BCUT2D eigenvalue weighted by atomic mass is 10.1. The molecule has 2 rings (SSSR count). The highest BCUT2D eigenvalue weighted by molar-refractivity contribution is 5.96. The molecule has 4 nitrogen and oxygen atoms in total. The van der Waals surface area contributed by atoms with Gasteiger partial charge in [-0.2, -0.15) is 0 Å². The van der Waals surface area contributed by atoms with Gasteiger partial charge in [-0.05, 0) is 30.3 Å². The van der Waals surface area contributed by atoms with Crippen molar-refractivity contribution in [1.82, 2.24) is 0 Å². The van der Waals surface area contributed by atoms with Crippen molar-refractivity contribution < 1.29 is 18.3 Å². The van der Waals surface area contributed by atoms with Crippen LogP contribution in [0.4, 0.5) is 25.8 Å². The molecule has 0 bridgehead atoms. The van der Waals surface area contributed by atoms with Gasteiger partial charge in [0.25, 0.3) is 0 Å². The predicted octanol–water partition coefficient (Wildman–Crippen LogP) is 3.08. The molecule has 0 unspecified atom stereocenters. The van der Waals surface area contributed by atoms with Gasteiger partial charge in [0, 0.05) is 23.1 Å². The van der Waals surface area contributed by atoms with Gasteiger partial charge in [0.1, 0.15) is 0 Å². The summed E-state index contributed by atoms with van der Waals surface area (Å²) < 4.78 is 30.5. The number of carbonyl (C=O) groups excluding carboxylic acids is 1. The van der Waals surface area contributed by atoms with Gasteiger partial charge in [0.15, 0.2) is 11.6 Å². The summed E-state index contributed by atoms with van der Waals surface area (Å²) >= 11 is 0. The Bertz CT molecular complexity index is 660. The summed E-state index contributed by atoms with van der Waals surface area (Å²) in [5.74, 6) is -2.46. The van der Waals surface area contributed by atoms with Crippen LogP contribution in [-0.2, 0) is 4.74 Å². The maximum Gasteiger partial charge on any atom is 0.340 e. The quantitative estimate of drug-likeness (QED) is 0.669. The number of rotatable bonds is 3. The monoisotopic (exact) mass is 278 g/mol. The number of nitrogens with one attached hydrogen (secondary N) is 1. The molecule has 0 amide bonds. The van der Waals surface area contributed by atoms with E-state index in [1.54, 1.807) is 6.07 Å². The van der Waals surface area contributed by atoms with Gasteiger partial charge < -0.3 is 15.8 Å². The van der Waals surface area contributed by atoms with Gasteiger partial charge in [0.2, 0.25) is 0 Å². The van der Waals surface area contributed by atoms with E-state index in [1.807, 2.05) is 0 Å². The minimum absolute atomic E-state index is 0.195. The Labute approximate surface area is 114 Å². The molecule has 0 spiro atoms. The Morgan fingerprint density at radius 2 is 1.75 bits per heavy atom. The van der Waals surface area contributed by atoms with Crippen molar-refractivity contribution in [3.05, 3.63) is 53.6 Å². The molecular formula is C14H12F2N2O2. The Balaban J connectivity index is 2.29. The zero-order valence-corrected chi connectivity index (χ0v) is 10.6. The van der Waals surface area contributed by atoms with Crippen molar-refractivity contribution in [2.75, 3.05) is 18.2 Å². The molecule has 2 aromatic rings. The van der Waals surface area contributed by atoms with Crippen LogP contribution < -0.4 is 11.1 Å². The van der Waals surface area contributed by atoms with Crippen LogP contribution >= 0.6 is 0 Å². The first-order chi connectivity index (χ1) is 9.51. The fourth-order valence-corrected chi connectivity index (χ4v) is 1.66. The van der Waals surface area contributed by atoms with Gasteiger partial charge in [-0.15, -0.1) is 0 Å². The number of ether oxygens (including phenoxy) is 1. The van der Waals surface area contributed by atoms with Gasteiger partial charge in [-0.1, -0.05) is 0 Å². The molecule has 0 saturated heterocycles. The van der Waals surface area contributed by atoms with Crippen molar-refractivity contribution in [3.8, 4) is 0 Å². The summed E-state index contributed by atoms with van der Waals surface area (Å²) in [6.07, 6.45) is 0. The highest BCUT2D eigenvalue weighted by atomic mass is 19.2. The van der Waals surface area contributed by atoms with Crippen LogP contribution in [0.25, 0.3) is 0 Å². The third kappa shape index (κ3) is 2.85. The first kappa shape index (κ1) is 13.8. The van der Waals surface area contributed by atoms with Crippen LogP contribution in [0.15, 0.2) is 36.4 Å². The molecule has 3 N–H and O–H groups in total. The van der Waals surface area contributed by atoms with E-state index in [1.165, 1.54) is 25.3 Å². The molecular weight excluding hydrogens is 266 g/mol. The summed E-state index contributed by atoms with van der Waals surface area (Å²) in [7, 11) is 1.25. The molecule has 104 valence electrons. The number of esters is 1. The van der Waals surface area contributed by atoms with Crippen molar-refractivity contribution in [3.63, 3.8) is 0 Å². The normalized spacial score (nSPS) is 10.2. The Kier molecular flexibility index (Phi) is 3.84. The molecule has 0 radical (unpaired) electrons. The van der Waals surface area contributed by atoms with E-state index in [2.05, 4.69) is 10.1 Å². The van der Waals surface area contributed by atoms with E-state index in [-0.39, 0.29) is 11.3 Å². The molecule has 0 aliphatic carbocycles. The number of hydrogen-bond acceptors (Lipinski definition) is 4. The fraction of sp³-hybridized carbons (Fsp3) is 0.0714. The van der Waals surface area contributed by atoms with Crippen molar-refractivity contribution in [1.29, 1.82) is 0 Å². The lowest BCUT2D eigenvalue weighted by Gasteiger charge is -2.10. The van der Waals surface area contributed by atoms with Crippen molar-refractivity contribution in [2.45, 2.75) is 0 Å². The standard InChI is InChI=1S/C14H12F2N2O2/c1-20-14(19)10-6-8(3-5-13(10)17)18-9-2-4-11(15)12(16)7-9/h2-7,18H,17H2,1H3. The first-order valence-electron chi connectivity index (χ1n) is 5.71. The topological polar surface area (TPSA) is 64.3 Å². The number of halogens is 2. The zero-order valence-electron chi connectivity index (χ0n) is 10.6. The zero-order chi connectivity index (χ0) is 14.7. The largest absolute Gasteiger partial charge is 0.465 e. The first-order valence-corrected chi connectivity index (χ1v) is 5.71. The number of anilines is 3. The molecule has 0 saturated carbocycles. The van der Waals surface area contributed by atoms with E-state index in [4.69, 9.17) is 5.73 Å². The second-order valence-corrected chi connectivity index (χ2v) is 4.05. The molecule has 6 heteroatoms. The SMILES string of the molecule is COC(=O)c1cc(Nc2ccc(F)c(F)c2)ccc1N. The number of nitrogens with two attached hydrogens (primary N) is 1. The summed E-state index contributed by atoms with van der Waals surface area (Å²) in [4.78, 5) is 11.5. The molecule has 0 aliphatic heterocycles. The number of benzene rings is 2. The Morgan fingerprint density at radius 1 is 1.10 bits per heavy atom. The van der Waals surface area contributed by atoms with Gasteiger partial charge in [-0.3, -0.25) is 0 Å². The van der Waals surface area contributed by atoms with Gasteiger partial charge in [-0.25, -0.2) is 13.6 Å². The highest BCUT2D eigenvalue weighted by Crippen LogP contribution is 2.23. The van der Waals surface area contributed by atoms with Crippen LogP contribution in [0, 0.1) is 11.6 Å². The molecule has 0 heterocycles. The maximum atomic E-state index is 13.1. The third-order valence-electron chi connectivity index (χ3n) is 2.67. The average Bonchev–Trinajstić information content (AvgIpc) is 2.44. The summed E-state index contributed by atoms with van der Waals surface area (Å²) in [6, 6.07) is 8.02. The minimum Gasteiger partial charge on any atom is -0.465 e.